The Hall–Kier alpha value is -1.69. The van der Waals surface area contributed by atoms with Crippen LogP contribution in [0.25, 0.3) is 11.0 Å². The van der Waals surface area contributed by atoms with Crippen LogP contribution in [0.4, 0.5) is 5.82 Å². The van der Waals surface area contributed by atoms with E-state index in [9.17, 15) is 0 Å². The molecular weight excluding hydrogens is 300 g/mol. The number of aryl methyl sites for hydroxylation is 3. The van der Waals surface area contributed by atoms with Crippen LogP contribution in [0.1, 0.15) is 43.6 Å². The maximum absolute atomic E-state index is 4.67. The van der Waals surface area contributed by atoms with Gasteiger partial charge in [0.15, 0.2) is 5.65 Å². The molecule has 4 heterocycles. The quantitative estimate of drug-likeness (QED) is 0.939. The van der Waals surface area contributed by atoms with Gasteiger partial charge in [-0.25, -0.2) is 9.97 Å². The van der Waals surface area contributed by atoms with Gasteiger partial charge in [-0.3, -0.25) is 4.68 Å². The molecule has 0 aromatic carbocycles. The highest BCUT2D eigenvalue weighted by Crippen LogP contribution is 2.31. The lowest BCUT2D eigenvalue weighted by molar-refractivity contribution is 0.0649. The summed E-state index contributed by atoms with van der Waals surface area (Å²) in [7, 11) is 1.95. The van der Waals surface area contributed by atoms with Crippen molar-refractivity contribution in [1.29, 1.82) is 0 Å². The number of anilines is 1. The van der Waals surface area contributed by atoms with E-state index in [2.05, 4.69) is 25.3 Å². The highest BCUT2D eigenvalue weighted by atomic mass is 15.3. The molecule has 0 saturated carbocycles. The first-order valence-corrected chi connectivity index (χ1v) is 9.29. The number of nitrogens with one attached hydrogen (secondary N) is 1. The number of fused-ring (bicyclic) bond motifs is 2. The van der Waals surface area contributed by atoms with Crippen molar-refractivity contribution in [2.24, 2.45) is 13.0 Å². The number of rotatable bonds is 3. The Morgan fingerprint density at radius 2 is 1.92 bits per heavy atom. The zero-order valence-corrected chi connectivity index (χ0v) is 15.0. The van der Waals surface area contributed by atoms with E-state index in [-0.39, 0.29) is 0 Å². The summed E-state index contributed by atoms with van der Waals surface area (Å²) in [5.41, 5.74) is 1.92. The van der Waals surface area contributed by atoms with Crippen LogP contribution in [0, 0.1) is 19.8 Å². The van der Waals surface area contributed by atoms with E-state index in [1.54, 1.807) is 0 Å². The van der Waals surface area contributed by atoms with Gasteiger partial charge in [-0.05, 0) is 58.5 Å². The second kappa shape index (κ2) is 6.31. The summed E-state index contributed by atoms with van der Waals surface area (Å²) in [6, 6.07) is 0.758. The van der Waals surface area contributed by atoms with Crippen LogP contribution < -0.4 is 5.32 Å². The fourth-order valence-electron chi connectivity index (χ4n) is 4.62. The second-order valence-electron chi connectivity index (χ2n) is 7.41. The number of piperidine rings is 2. The van der Waals surface area contributed by atoms with Gasteiger partial charge in [-0.2, -0.15) is 5.10 Å². The predicted octanol–water partition coefficient (Wildman–Crippen LogP) is 2.66. The molecule has 0 aliphatic carbocycles. The van der Waals surface area contributed by atoms with Crippen molar-refractivity contribution in [3.8, 4) is 0 Å². The number of hydrogen-bond donors (Lipinski definition) is 1. The van der Waals surface area contributed by atoms with Crippen molar-refractivity contribution in [2.75, 3.05) is 25.0 Å². The molecule has 2 fully saturated rings. The molecule has 130 valence electrons. The molecule has 0 radical (unpaired) electrons. The summed E-state index contributed by atoms with van der Waals surface area (Å²) in [6.07, 6.45) is 6.77. The Labute approximate surface area is 143 Å². The molecule has 24 heavy (non-hydrogen) atoms. The molecule has 2 aromatic heterocycles. The van der Waals surface area contributed by atoms with Gasteiger partial charge in [0, 0.05) is 19.6 Å². The van der Waals surface area contributed by atoms with E-state index in [4.69, 9.17) is 0 Å². The normalized spacial score (nSPS) is 25.0. The van der Waals surface area contributed by atoms with Crippen LogP contribution in [-0.4, -0.2) is 50.3 Å². The van der Waals surface area contributed by atoms with Gasteiger partial charge in [-0.15, -0.1) is 0 Å². The second-order valence-corrected chi connectivity index (χ2v) is 7.41. The number of hydrogen-bond acceptors (Lipinski definition) is 5. The van der Waals surface area contributed by atoms with Crippen molar-refractivity contribution in [1.82, 2.24) is 24.6 Å². The van der Waals surface area contributed by atoms with E-state index in [0.717, 1.165) is 46.9 Å². The molecule has 2 aromatic rings. The van der Waals surface area contributed by atoms with Gasteiger partial charge >= 0.3 is 0 Å². The fraction of sp³-hybridized carbons (Fsp3) is 0.722. The molecule has 2 aliphatic rings. The van der Waals surface area contributed by atoms with Gasteiger partial charge in [0.25, 0.3) is 0 Å². The van der Waals surface area contributed by atoms with Gasteiger partial charge < -0.3 is 10.2 Å². The standard InChI is InChI=1S/C18H28N6/c1-12-16-17(20-13(2)21-18(16)23(3)22-12)19-11-14-7-6-10-24-9-5-4-8-15(14)24/h14-15H,4-11H2,1-3H3,(H,19,20,21)/t14-,15+/m0/s1. The Kier molecular flexibility index (Phi) is 4.16. The first-order valence-electron chi connectivity index (χ1n) is 9.29. The highest BCUT2D eigenvalue weighted by Gasteiger charge is 2.32. The first-order chi connectivity index (χ1) is 11.6. The van der Waals surface area contributed by atoms with Crippen LogP contribution >= 0.6 is 0 Å². The van der Waals surface area contributed by atoms with Gasteiger partial charge in [0.1, 0.15) is 11.6 Å². The van der Waals surface area contributed by atoms with Crippen LogP contribution in [0.5, 0.6) is 0 Å². The molecule has 1 N–H and O–H groups in total. The Bertz CT molecular complexity index is 735. The predicted molar refractivity (Wildman–Crippen MR) is 96.2 cm³/mol. The van der Waals surface area contributed by atoms with Crippen LogP contribution in [0.2, 0.25) is 0 Å². The summed E-state index contributed by atoms with van der Waals surface area (Å²) in [4.78, 5) is 12.0. The summed E-state index contributed by atoms with van der Waals surface area (Å²) in [6.45, 7) is 7.58. The van der Waals surface area contributed by atoms with Crippen molar-refractivity contribution < 1.29 is 0 Å². The lowest BCUT2D eigenvalue weighted by Crippen LogP contribution is -2.49. The number of aromatic nitrogens is 4. The third-order valence-corrected chi connectivity index (χ3v) is 5.73. The SMILES string of the molecule is Cc1nc(NC[C@@H]2CCCN3CCCC[C@H]23)c2c(C)nn(C)c2n1. The highest BCUT2D eigenvalue weighted by molar-refractivity contribution is 5.89. The average molecular weight is 328 g/mol. The first kappa shape index (κ1) is 15.8. The molecule has 0 spiro atoms. The third kappa shape index (κ3) is 2.77. The minimum Gasteiger partial charge on any atom is -0.369 e. The van der Waals surface area contributed by atoms with E-state index >= 15 is 0 Å². The molecule has 0 bridgehead atoms. The molecule has 6 heteroatoms. The van der Waals surface area contributed by atoms with Crippen LogP contribution in [0.3, 0.4) is 0 Å². The molecule has 0 unspecified atom stereocenters. The summed E-state index contributed by atoms with van der Waals surface area (Å²) < 4.78 is 1.86. The monoisotopic (exact) mass is 328 g/mol. The van der Waals surface area contributed by atoms with Crippen molar-refractivity contribution in [3.63, 3.8) is 0 Å². The largest absolute Gasteiger partial charge is 0.369 e. The van der Waals surface area contributed by atoms with Crippen molar-refractivity contribution in [2.45, 2.75) is 52.0 Å². The number of nitrogens with zero attached hydrogens (tertiary/aromatic N) is 5. The van der Waals surface area contributed by atoms with E-state index in [1.807, 2.05) is 25.6 Å². The van der Waals surface area contributed by atoms with E-state index in [1.165, 1.54) is 45.2 Å². The molecule has 2 aliphatic heterocycles. The maximum Gasteiger partial charge on any atom is 0.163 e. The van der Waals surface area contributed by atoms with Gasteiger partial charge in [0.05, 0.1) is 11.1 Å². The lowest BCUT2D eigenvalue weighted by Gasteiger charge is -2.44. The summed E-state index contributed by atoms with van der Waals surface area (Å²) in [5.74, 6) is 2.48. The Morgan fingerprint density at radius 3 is 2.79 bits per heavy atom. The van der Waals surface area contributed by atoms with Gasteiger partial charge in [0.2, 0.25) is 0 Å². The Balaban J connectivity index is 1.56. The zero-order valence-electron chi connectivity index (χ0n) is 15.0. The van der Waals surface area contributed by atoms with Crippen molar-refractivity contribution >= 4 is 16.9 Å². The molecule has 2 saturated heterocycles. The molecule has 2 atom stereocenters. The molecule has 0 amide bonds. The molecular formula is C18H28N6. The smallest absolute Gasteiger partial charge is 0.163 e. The minimum atomic E-state index is 0.723. The van der Waals surface area contributed by atoms with Crippen LogP contribution in [-0.2, 0) is 7.05 Å². The van der Waals surface area contributed by atoms with E-state index < -0.39 is 0 Å². The molecule has 6 nitrogen and oxygen atoms in total. The minimum absolute atomic E-state index is 0.723. The van der Waals surface area contributed by atoms with Crippen LogP contribution in [0.15, 0.2) is 0 Å². The topological polar surface area (TPSA) is 58.9 Å². The summed E-state index contributed by atoms with van der Waals surface area (Å²) in [5, 5.41) is 9.24. The van der Waals surface area contributed by atoms with Crippen molar-refractivity contribution in [3.05, 3.63) is 11.5 Å². The maximum atomic E-state index is 4.67. The summed E-state index contributed by atoms with van der Waals surface area (Å²) >= 11 is 0. The van der Waals surface area contributed by atoms with Gasteiger partial charge in [-0.1, -0.05) is 6.42 Å². The lowest BCUT2D eigenvalue weighted by atomic mass is 9.83. The van der Waals surface area contributed by atoms with E-state index in [0.29, 0.717) is 0 Å². The zero-order chi connectivity index (χ0) is 16.7. The average Bonchev–Trinajstić information content (AvgIpc) is 2.86. The molecule has 4 rings (SSSR count). The fourth-order valence-corrected chi connectivity index (χ4v) is 4.62. The third-order valence-electron chi connectivity index (χ3n) is 5.73. The Morgan fingerprint density at radius 1 is 1.08 bits per heavy atom.